The summed E-state index contributed by atoms with van der Waals surface area (Å²) in [6, 6.07) is 13.9. The molecule has 4 rings (SSSR count). The van der Waals surface area contributed by atoms with Crippen LogP contribution in [0.4, 0.5) is 0 Å². The average Bonchev–Trinajstić information content (AvgIpc) is 3.00. The van der Waals surface area contributed by atoms with Crippen molar-refractivity contribution in [3.05, 3.63) is 75.1 Å². The normalized spacial score (nSPS) is 11.4. The van der Waals surface area contributed by atoms with Crippen LogP contribution in [0.5, 0.6) is 0 Å². The largest absolute Gasteiger partial charge is 0.326 e. The Morgan fingerprint density at radius 1 is 0.875 bits per heavy atom. The van der Waals surface area contributed by atoms with Gasteiger partial charge in [0.25, 0.3) is 0 Å². The first-order chi connectivity index (χ1) is 11.6. The van der Waals surface area contributed by atoms with Crippen LogP contribution in [0.2, 0.25) is 0 Å². The topological polar surface area (TPSA) is 61.8 Å². The van der Waals surface area contributed by atoms with Gasteiger partial charge in [-0.2, -0.15) is 0 Å². The zero-order chi connectivity index (χ0) is 16.8. The molecule has 6 nitrogen and oxygen atoms in total. The molecule has 0 saturated heterocycles. The number of imidazole rings is 1. The van der Waals surface area contributed by atoms with Gasteiger partial charge in [0.05, 0.1) is 28.4 Å². The highest BCUT2D eigenvalue weighted by Gasteiger charge is 2.12. The minimum Gasteiger partial charge on any atom is -0.326 e. The summed E-state index contributed by atoms with van der Waals surface area (Å²) in [6.45, 7) is 0.697. The minimum atomic E-state index is -0.534. The molecule has 0 aliphatic heterocycles. The van der Waals surface area contributed by atoms with Crippen LogP contribution in [0.25, 0.3) is 22.1 Å². The summed E-state index contributed by atoms with van der Waals surface area (Å²) in [4.78, 5) is 28.5. The Kier molecular flexibility index (Phi) is 3.13. The lowest BCUT2D eigenvalue weighted by Crippen LogP contribution is -2.39. The van der Waals surface area contributed by atoms with Gasteiger partial charge in [-0.15, -0.1) is 0 Å². The van der Waals surface area contributed by atoms with Crippen LogP contribution < -0.4 is 11.1 Å². The molecule has 0 atom stereocenters. The van der Waals surface area contributed by atoms with Crippen LogP contribution in [-0.4, -0.2) is 18.7 Å². The fourth-order valence-corrected chi connectivity index (χ4v) is 3.03. The first-order valence-electron chi connectivity index (χ1n) is 7.65. The Morgan fingerprint density at radius 2 is 1.50 bits per heavy atom. The van der Waals surface area contributed by atoms with E-state index in [-0.39, 0.29) is 0 Å². The molecule has 0 unspecified atom stereocenters. The number of nitrogens with zero attached hydrogens (tertiary/aromatic N) is 4. The van der Waals surface area contributed by atoms with E-state index in [1.54, 1.807) is 20.4 Å². The molecule has 6 heteroatoms. The Bertz CT molecular complexity index is 1180. The van der Waals surface area contributed by atoms with E-state index >= 15 is 0 Å². The lowest BCUT2D eigenvalue weighted by Gasteiger charge is -2.10. The average molecular weight is 320 g/mol. The van der Waals surface area contributed by atoms with Crippen molar-refractivity contribution < 1.29 is 0 Å². The SMILES string of the molecule is Cn1c(=O)c(=O)n(C)c2cc3c(cc21)ncn3Cc1ccccc1. The Balaban J connectivity index is 1.99. The lowest BCUT2D eigenvalue weighted by atomic mass is 10.2. The molecule has 0 radical (unpaired) electrons. The zero-order valence-electron chi connectivity index (χ0n) is 13.4. The maximum atomic E-state index is 12.1. The zero-order valence-corrected chi connectivity index (χ0v) is 13.4. The first kappa shape index (κ1) is 14.4. The molecule has 0 aliphatic rings. The summed E-state index contributed by atoms with van der Waals surface area (Å²) in [7, 11) is 3.23. The highest BCUT2D eigenvalue weighted by molar-refractivity contribution is 5.91. The summed E-state index contributed by atoms with van der Waals surface area (Å²) in [5.74, 6) is 0. The van der Waals surface area contributed by atoms with E-state index in [1.807, 2.05) is 34.9 Å². The predicted octanol–water partition coefficient (Wildman–Crippen LogP) is 1.64. The van der Waals surface area contributed by atoms with Gasteiger partial charge in [-0.3, -0.25) is 9.59 Å². The summed E-state index contributed by atoms with van der Waals surface area (Å²) in [6.07, 6.45) is 1.78. The molecule has 0 spiro atoms. The number of hydrogen-bond acceptors (Lipinski definition) is 3. The lowest BCUT2D eigenvalue weighted by molar-refractivity contribution is 0.797. The molecular formula is C18H16N4O2. The number of rotatable bonds is 2. The third-order valence-corrected chi connectivity index (χ3v) is 4.43. The van der Waals surface area contributed by atoms with E-state index in [9.17, 15) is 9.59 Å². The molecule has 2 heterocycles. The van der Waals surface area contributed by atoms with Crippen LogP contribution in [0.3, 0.4) is 0 Å². The van der Waals surface area contributed by atoms with Crippen molar-refractivity contribution in [3.8, 4) is 0 Å². The van der Waals surface area contributed by atoms with E-state index in [0.717, 1.165) is 11.0 Å². The van der Waals surface area contributed by atoms with Crippen molar-refractivity contribution in [1.82, 2.24) is 18.7 Å². The maximum absolute atomic E-state index is 12.1. The van der Waals surface area contributed by atoms with Crippen molar-refractivity contribution >= 4 is 22.1 Å². The number of hydrogen-bond donors (Lipinski definition) is 0. The van der Waals surface area contributed by atoms with Crippen LogP contribution in [0.15, 0.2) is 58.4 Å². The summed E-state index contributed by atoms with van der Waals surface area (Å²) >= 11 is 0. The monoisotopic (exact) mass is 320 g/mol. The smallest absolute Gasteiger partial charge is 0.316 e. The molecule has 4 aromatic rings. The molecule has 0 fully saturated rings. The van der Waals surface area contributed by atoms with Gasteiger partial charge in [0.15, 0.2) is 0 Å². The van der Waals surface area contributed by atoms with Gasteiger partial charge in [-0.05, 0) is 17.7 Å². The molecule has 0 aliphatic carbocycles. The van der Waals surface area contributed by atoms with Gasteiger partial charge in [0, 0.05) is 20.6 Å². The molecule has 0 N–H and O–H groups in total. The Hall–Kier alpha value is -3.15. The highest BCUT2D eigenvalue weighted by atomic mass is 16.2. The Labute approximate surface area is 137 Å². The summed E-state index contributed by atoms with van der Waals surface area (Å²) in [5.41, 5.74) is 3.24. The fourth-order valence-electron chi connectivity index (χ4n) is 3.03. The number of aromatic nitrogens is 4. The van der Waals surface area contributed by atoms with E-state index in [4.69, 9.17) is 0 Å². The molecule has 120 valence electrons. The van der Waals surface area contributed by atoms with Gasteiger partial charge in [-0.1, -0.05) is 30.3 Å². The molecule has 2 aromatic carbocycles. The Morgan fingerprint density at radius 3 is 2.17 bits per heavy atom. The summed E-state index contributed by atoms with van der Waals surface area (Å²) in [5, 5.41) is 0. The molecule has 24 heavy (non-hydrogen) atoms. The number of aryl methyl sites for hydroxylation is 2. The van der Waals surface area contributed by atoms with Crippen LogP contribution in [0.1, 0.15) is 5.56 Å². The molecule has 0 bridgehead atoms. The second kappa shape index (κ2) is 5.19. The summed E-state index contributed by atoms with van der Waals surface area (Å²) < 4.78 is 4.82. The molecule has 0 amide bonds. The predicted molar refractivity (Wildman–Crippen MR) is 93.3 cm³/mol. The first-order valence-corrected chi connectivity index (χ1v) is 7.65. The number of fused-ring (bicyclic) bond motifs is 2. The van der Waals surface area contributed by atoms with Gasteiger partial charge < -0.3 is 13.7 Å². The second-order valence-corrected chi connectivity index (χ2v) is 5.92. The van der Waals surface area contributed by atoms with E-state index in [1.165, 1.54) is 14.7 Å². The van der Waals surface area contributed by atoms with E-state index in [0.29, 0.717) is 17.6 Å². The van der Waals surface area contributed by atoms with Crippen molar-refractivity contribution in [1.29, 1.82) is 0 Å². The second-order valence-electron chi connectivity index (χ2n) is 5.92. The van der Waals surface area contributed by atoms with Crippen LogP contribution in [-0.2, 0) is 20.6 Å². The quantitative estimate of drug-likeness (QED) is 0.528. The third-order valence-electron chi connectivity index (χ3n) is 4.43. The van der Waals surface area contributed by atoms with Gasteiger partial charge in [0.1, 0.15) is 0 Å². The van der Waals surface area contributed by atoms with Crippen molar-refractivity contribution in [2.45, 2.75) is 6.54 Å². The molecular weight excluding hydrogens is 304 g/mol. The van der Waals surface area contributed by atoms with Crippen LogP contribution in [0, 0.1) is 0 Å². The third kappa shape index (κ3) is 2.07. The maximum Gasteiger partial charge on any atom is 0.316 e. The molecule has 0 saturated carbocycles. The van der Waals surface area contributed by atoms with Crippen molar-refractivity contribution in [2.75, 3.05) is 0 Å². The standard InChI is InChI=1S/C18H16N4O2/c1-20-15-8-13-14(9-16(15)21(2)18(24)17(20)23)22(11-19-13)10-12-6-4-3-5-7-12/h3-9,11H,10H2,1-2H3. The van der Waals surface area contributed by atoms with Crippen molar-refractivity contribution in [3.63, 3.8) is 0 Å². The highest BCUT2D eigenvalue weighted by Crippen LogP contribution is 2.20. The fraction of sp³-hybridized carbons (Fsp3) is 0.167. The number of benzene rings is 2. The van der Waals surface area contributed by atoms with E-state index < -0.39 is 11.1 Å². The van der Waals surface area contributed by atoms with Crippen LogP contribution >= 0.6 is 0 Å². The van der Waals surface area contributed by atoms with Crippen molar-refractivity contribution in [2.24, 2.45) is 14.1 Å². The van der Waals surface area contributed by atoms with Gasteiger partial charge >= 0.3 is 11.1 Å². The van der Waals surface area contributed by atoms with Gasteiger partial charge in [-0.25, -0.2) is 4.98 Å². The van der Waals surface area contributed by atoms with E-state index in [2.05, 4.69) is 17.1 Å². The molecule has 2 aromatic heterocycles. The minimum absolute atomic E-state index is 0.529. The van der Waals surface area contributed by atoms with Gasteiger partial charge in [0.2, 0.25) is 0 Å².